The summed E-state index contributed by atoms with van der Waals surface area (Å²) in [5.41, 5.74) is 0.405. The average Bonchev–Trinajstić information content (AvgIpc) is 3.10. The van der Waals surface area contributed by atoms with E-state index >= 15 is 0 Å². The van der Waals surface area contributed by atoms with E-state index in [1.54, 1.807) is 32.8 Å². The van der Waals surface area contributed by atoms with Crippen molar-refractivity contribution < 1.29 is 23.8 Å². The van der Waals surface area contributed by atoms with Crippen LogP contribution in [0.4, 0.5) is 0 Å². The lowest BCUT2D eigenvalue weighted by atomic mass is 10.0. The number of likely N-dealkylation sites (N-methyl/N-ethyl adjacent to an activating group) is 2. The number of carbonyl (C=O) groups is 2. The van der Waals surface area contributed by atoms with Gasteiger partial charge in [0.15, 0.2) is 11.4 Å². The number of rotatable bonds is 16. The molecule has 1 N–H and O–H groups in total. The second kappa shape index (κ2) is 19.7. The third-order valence-corrected chi connectivity index (χ3v) is 9.10. The van der Waals surface area contributed by atoms with Gasteiger partial charge in [-0.25, -0.2) is 9.36 Å². The Balaban J connectivity index is 2.26. The maximum atomic E-state index is 14.1. The number of hydrogen-bond acceptors (Lipinski definition) is 10. The number of esters is 2. The van der Waals surface area contributed by atoms with Crippen molar-refractivity contribution in [3.8, 4) is 11.4 Å². The Hall–Kier alpha value is -4.04. The first-order valence-corrected chi connectivity index (χ1v) is 18.3. The molecule has 0 aliphatic heterocycles. The zero-order valence-electron chi connectivity index (χ0n) is 30.9. The van der Waals surface area contributed by atoms with E-state index in [0.29, 0.717) is 23.7 Å². The average molecular weight is 777 g/mol. The van der Waals surface area contributed by atoms with Gasteiger partial charge < -0.3 is 19.5 Å². The predicted octanol–water partition coefficient (Wildman–Crippen LogP) is 6.27. The summed E-state index contributed by atoms with van der Waals surface area (Å²) in [5.74, 6) is -3.30. The van der Waals surface area contributed by atoms with Crippen LogP contribution in [0.3, 0.4) is 0 Å². The molecule has 1 heterocycles. The molecule has 0 radical (unpaired) electrons. The van der Waals surface area contributed by atoms with E-state index in [-0.39, 0.29) is 47.3 Å². The molecule has 0 bridgehead atoms. The van der Waals surface area contributed by atoms with Crippen molar-refractivity contribution in [1.82, 2.24) is 24.6 Å². The van der Waals surface area contributed by atoms with Crippen molar-refractivity contribution in [2.45, 2.75) is 73.4 Å². The normalized spacial score (nSPS) is 13.6. The van der Waals surface area contributed by atoms with E-state index in [0.717, 1.165) is 38.8 Å². The van der Waals surface area contributed by atoms with E-state index in [9.17, 15) is 19.2 Å². The highest BCUT2D eigenvalue weighted by Gasteiger charge is 2.37. The van der Waals surface area contributed by atoms with Gasteiger partial charge in [0.2, 0.25) is 5.92 Å². The third kappa shape index (κ3) is 10.5. The fraction of sp³-hybridized carbons (Fsp3) is 0.459. The molecule has 0 fully saturated rings. The number of thiocarbonyl (C=S) groups is 1. The molecule has 15 heteroatoms. The van der Waals surface area contributed by atoms with Crippen LogP contribution >= 0.6 is 35.4 Å². The highest BCUT2D eigenvalue weighted by atomic mass is 35.5. The van der Waals surface area contributed by atoms with E-state index in [1.165, 1.54) is 12.1 Å². The monoisotopic (exact) mass is 775 g/mol. The summed E-state index contributed by atoms with van der Waals surface area (Å²) in [6.45, 7) is 11.1. The Morgan fingerprint density at radius 1 is 1.08 bits per heavy atom. The van der Waals surface area contributed by atoms with Crippen LogP contribution in [0.2, 0.25) is 10.0 Å². The van der Waals surface area contributed by atoms with Crippen LogP contribution in [-0.2, 0) is 25.7 Å². The molecule has 12 nitrogen and oxygen atoms in total. The standard InChI is InChI=1S/C37H47Cl2N5O7S/c1-9-23(6)29(19-26(22(4)5)33(52)40-7)51-32-27(38)17-25(18-28(32)39)44-37(48)43(21-42(8)20-24-15-13-12-14-16-24)34(45)31(41-44)30(35(46)49-10-2)36(47)50-11-3/h13,15-19,22,30H,9-12,14,20-21H2,1-8H3,(H,40,52)/b26-19-,29-23?. The molecule has 52 heavy (non-hydrogen) atoms. The Morgan fingerprint density at radius 3 is 2.19 bits per heavy atom. The van der Waals surface area contributed by atoms with Gasteiger partial charge in [-0.2, -0.15) is 9.78 Å². The molecule has 0 saturated carbocycles. The molecule has 3 rings (SSSR count). The summed E-state index contributed by atoms with van der Waals surface area (Å²) in [6.07, 6.45) is 10.4. The van der Waals surface area contributed by atoms with E-state index in [2.05, 4.69) is 22.6 Å². The van der Waals surface area contributed by atoms with Crippen molar-refractivity contribution >= 4 is 52.3 Å². The van der Waals surface area contributed by atoms with Gasteiger partial charge in [0.25, 0.3) is 5.56 Å². The molecule has 1 aromatic heterocycles. The zero-order chi connectivity index (χ0) is 38.7. The minimum Gasteiger partial charge on any atom is -0.465 e. The first-order valence-electron chi connectivity index (χ1n) is 17.1. The number of benzene rings is 1. The first kappa shape index (κ1) is 42.4. The van der Waals surface area contributed by atoms with Crippen LogP contribution in [0.15, 0.2) is 68.5 Å². The van der Waals surface area contributed by atoms with Gasteiger partial charge in [0, 0.05) is 13.6 Å². The van der Waals surface area contributed by atoms with Crippen LogP contribution in [0, 0.1) is 5.92 Å². The lowest BCUT2D eigenvalue weighted by Crippen LogP contribution is -2.48. The van der Waals surface area contributed by atoms with Crippen molar-refractivity contribution in [3.63, 3.8) is 0 Å². The van der Waals surface area contributed by atoms with Gasteiger partial charge in [-0.05, 0) is 87.9 Å². The summed E-state index contributed by atoms with van der Waals surface area (Å²) in [7, 11) is 3.48. The second-order valence-corrected chi connectivity index (χ2v) is 13.6. The van der Waals surface area contributed by atoms with Crippen LogP contribution < -0.4 is 21.3 Å². The Morgan fingerprint density at radius 2 is 1.69 bits per heavy atom. The Labute approximate surface area is 319 Å². The van der Waals surface area contributed by atoms with E-state index in [4.69, 9.17) is 49.6 Å². The van der Waals surface area contributed by atoms with E-state index in [1.807, 2.05) is 39.8 Å². The number of nitrogens with zero attached hydrogens (tertiary/aromatic N) is 4. The number of aromatic nitrogens is 3. The fourth-order valence-corrected chi connectivity index (χ4v) is 6.08. The maximum Gasteiger partial charge on any atom is 0.353 e. The first-order chi connectivity index (χ1) is 24.7. The summed E-state index contributed by atoms with van der Waals surface area (Å²) in [4.78, 5) is 56.7. The number of nitrogens with one attached hydrogen (secondary N) is 1. The highest BCUT2D eigenvalue weighted by molar-refractivity contribution is 7.80. The molecule has 0 unspecified atom stereocenters. The molecular weight excluding hydrogens is 729 g/mol. The second-order valence-electron chi connectivity index (χ2n) is 12.3. The Kier molecular flexibility index (Phi) is 16.1. The minimum absolute atomic E-state index is 0.0214. The third-order valence-electron chi connectivity index (χ3n) is 8.10. The lowest BCUT2D eigenvalue weighted by Gasteiger charge is -2.22. The molecule has 282 valence electrons. The molecule has 0 saturated heterocycles. The molecular formula is C37H47Cl2N5O7S. The molecule has 0 atom stereocenters. The summed E-state index contributed by atoms with van der Waals surface area (Å²) in [5, 5.41) is 7.32. The van der Waals surface area contributed by atoms with Crippen molar-refractivity contribution in [1.29, 1.82) is 0 Å². The summed E-state index contributed by atoms with van der Waals surface area (Å²) in [6, 6.07) is 2.79. The van der Waals surface area contributed by atoms with Gasteiger partial charge in [-0.1, -0.05) is 74.4 Å². The topological polar surface area (TPSA) is 134 Å². The predicted molar refractivity (Wildman–Crippen MR) is 207 cm³/mol. The van der Waals surface area contributed by atoms with E-state index < -0.39 is 34.8 Å². The molecule has 1 aliphatic carbocycles. The van der Waals surface area contributed by atoms with Gasteiger partial charge in [-0.3, -0.25) is 19.3 Å². The van der Waals surface area contributed by atoms with Gasteiger partial charge in [-0.15, -0.1) is 0 Å². The van der Waals surface area contributed by atoms with Gasteiger partial charge >= 0.3 is 17.6 Å². The molecule has 2 aromatic rings. The smallest absolute Gasteiger partial charge is 0.353 e. The van der Waals surface area contributed by atoms with Crippen LogP contribution in [0.5, 0.6) is 5.75 Å². The number of hydrogen-bond donors (Lipinski definition) is 1. The van der Waals surface area contributed by atoms with Gasteiger partial charge in [0.1, 0.15) is 10.7 Å². The molecule has 1 aromatic carbocycles. The summed E-state index contributed by atoms with van der Waals surface area (Å²) < 4.78 is 18.4. The number of ether oxygens (including phenoxy) is 3. The Bertz CT molecular complexity index is 1870. The molecule has 0 amide bonds. The number of allylic oxidation sites excluding steroid dienone is 4. The van der Waals surface area contributed by atoms with Crippen LogP contribution in [-0.4, -0.2) is 70.0 Å². The van der Waals surface area contributed by atoms with Crippen molar-refractivity contribution in [2.75, 3.05) is 33.9 Å². The lowest BCUT2D eigenvalue weighted by molar-refractivity contribution is -0.157. The fourth-order valence-electron chi connectivity index (χ4n) is 5.24. The van der Waals surface area contributed by atoms with Gasteiger partial charge in [0.05, 0.1) is 35.6 Å². The minimum atomic E-state index is -1.87. The quantitative estimate of drug-likeness (QED) is 0.0517. The van der Waals surface area contributed by atoms with Crippen molar-refractivity contribution in [2.24, 2.45) is 5.92 Å². The molecule has 0 spiro atoms. The zero-order valence-corrected chi connectivity index (χ0v) is 33.2. The van der Waals surface area contributed by atoms with Crippen LogP contribution in [0.25, 0.3) is 5.69 Å². The van der Waals surface area contributed by atoms with Crippen molar-refractivity contribution in [3.05, 3.63) is 95.5 Å². The number of carbonyl (C=O) groups excluding carboxylic acids is 2. The maximum absolute atomic E-state index is 14.1. The summed E-state index contributed by atoms with van der Waals surface area (Å²) >= 11 is 19.1. The highest BCUT2D eigenvalue weighted by Crippen LogP contribution is 2.37. The van der Waals surface area contributed by atoms with Crippen LogP contribution in [0.1, 0.15) is 72.4 Å². The molecule has 1 aliphatic rings. The number of halogens is 2. The largest absolute Gasteiger partial charge is 0.465 e. The SMILES string of the molecule is CCOC(=O)C(C(=O)OCC)c1nn(-c2cc(Cl)c(OC(/C=C(\C(=S)NC)C(C)C)=C(C)CC)c(Cl)c2)c(=O)n(CN(C)CC2=CCCC=C2)c1=O.